The average Bonchev–Trinajstić information content (AvgIpc) is 2.31. The van der Waals surface area contributed by atoms with Crippen LogP contribution in [0.3, 0.4) is 0 Å². The molecule has 1 atom stereocenters. The van der Waals surface area contributed by atoms with E-state index < -0.39 is 0 Å². The van der Waals surface area contributed by atoms with E-state index in [1.165, 1.54) is 0 Å². The summed E-state index contributed by atoms with van der Waals surface area (Å²) in [5, 5.41) is 5.99. The second kappa shape index (κ2) is 6.73. The summed E-state index contributed by atoms with van der Waals surface area (Å²) in [5.74, 6) is 0.504. The minimum Gasteiger partial charge on any atom is -0.382 e. The number of nitrogens with one attached hydrogen (secondary N) is 2. The Labute approximate surface area is 102 Å². The average molecular weight is 236 g/mol. The summed E-state index contributed by atoms with van der Waals surface area (Å²) in [7, 11) is 0. The van der Waals surface area contributed by atoms with Gasteiger partial charge in [-0.05, 0) is 25.5 Å². The predicted molar refractivity (Wildman–Crippen MR) is 69.7 cm³/mol. The number of nitrogens with two attached hydrogens (primary N) is 1. The van der Waals surface area contributed by atoms with Crippen molar-refractivity contribution < 1.29 is 4.79 Å². The third kappa shape index (κ3) is 4.72. The molecule has 0 spiro atoms. The number of nitrogens with zero attached hydrogens (tertiary/aromatic N) is 1. The van der Waals surface area contributed by atoms with E-state index in [0.717, 1.165) is 12.1 Å². The molecule has 17 heavy (non-hydrogen) atoms. The first-order chi connectivity index (χ1) is 8.13. The monoisotopic (exact) mass is 236 g/mol. The Balaban J connectivity index is 2.29. The zero-order valence-electron chi connectivity index (χ0n) is 10.4. The van der Waals surface area contributed by atoms with Crippen LogP contribution in [0.2, 0.25) is 0 Å². The van der Waals surface area contributed by atoms with Crippen molar-refractivity contribution in [2.24, 2.45) is 0 Å². The van der Waals surface area contributed by atoms with Gasteiger partial charge in [-0.3, -0.25) is 4.79 Å². The highest BCUT2D eigenvalue weighted by Crippen LogP contribution is 2.12. The van der Waals surface area contributed by atoms with Gasteiger partial charge in [-0.25, -0.2) is 4.98 Å². The molecule has 4 N–H and O–H groups in total. The van der Waals surface area contributed by atoms with E-state index in [9.17, 15) is 4.79 Å². The molecule has 0 aliphatic rings. The van der Waals surface area contributed by atoms with Gasteiger partial charge in [0.25, 0.3) is 0 Å². The van der Waals surface area contributed by atoms with Crippen molar-refractivity contribution in [3.05, 3.63) is 18.3 Å². The van der Waals surface area contributed by atoms with Gasteiger partial charge in [0.05, 0.1) is 5.69 Å². The molecular weight excluding hydrogens is 216 g/mol. The Morgan fingerprint density at radius 1 is 1.59 bits per heavy atom. The SMILES string of the molecule is CCC(C)NC(=O)CCNc1cccnc1N. The molecule has 1 aromatic heterocycles. The number of amides is 1. The number of aromatic nitrogens is 1. The lowest BCUT2D eigenvalue weighted by Gasteiger charge is -2.12. The normalized spacial score (nSPS) is 11.9. The second-order valence-corrected chi connectivity index (χ2v) is 3.99. The van der Waals surface area contributed by atoms with E-state index in [-0.39, 0.29) is 11.9 Å². The first-order valence-electron chi connectivity index (χ1n) is 5.87. The smallest absolute Gasteiger partial charge is 0.221 e. The van der Waals surface area contributed by atoms with Gasteiger partial charge in [0.1, 0.15) is 5.82 Å². The van der Waals surface area contributed by atoms with Crippen molar-refractivity contribution >= 4 is 17.4 Å². The van der Waals surface area contributed by atoms with Crippen molar-refractivity contribution in [1.82, 2.24) is 10.3 Å². The second-order valence-electron chi connectivity index (χ2n) is 3.99. The van der Waals surface area contributed by atoms with Gasteiger partial charge in [-0.2, -0.15) is 0 Å². The number of carbonyl (C=O) groups is 1. The largest absolute Gasteiger partial charge is 0.382 e. The van der Waals surface area contributed by atoms with Crippen LogP contribution in [0, 0.1) is 0 Å². The first kappa shape index (κ1) is 13.3. The molecule has 1 aromatic rings. The van der Waals surface area contributed by atoms with Crippen LogP contribution in [0.4, 0.5) is 11.5 Å². The number of carbonyl (C=O) groups excluding carboxylic acids is 1. The van der Waals surface area contributed by atoms with Gasteiger partial charge in [0, 0.05) is 25.2 Å². The number of hydrogen-bond acceptors (Lipinski definition) is 4. The molecule has 5 nitrogen and oxygen atoms in total. The first-order valence-corrected chi connectivity index (χ1v) is 5.87. The van der Waals surface area contributed by atoms with Gasteiger partial charge >= 0.3 is 0 Å². The molecule has 94 valence electrons. The van der Waals surface area contributed by atoms with Crippen LogP contribution in [0.15, 0.2) is 18.3 Å². The van der Waals surface area contributed by atoms with Crippen LogP contribution >= 0.6 is 0 Å². The molecule has 0 bridgehead atoms. The van der Waals surface area contributed by atoms with Crippen LogP contribution in [0.1, 0.15) is 26.7 Å². The highest BCUT2D eigenvalue weighted by atomic mass is 16.1. The highest BCUT2D eigenvalue weighted by Gasteiger charge is 2.05. The van der Waals surface area contributed by atoms with Gasteiger partial charge in [-0.1, -0.05) is 6.92 Å². The van der Waals surface area contributed by atoms with Gasteiger partial charge in [0.2, 0.25) is 5.91 Å². The highest BCUT2D eigenvalue weighted by molar-refractivity contribution is 5.77. The Morgan fingerprint density at radius 2 is 2.35 bits per heavy atom. The number of hydrogen-bond donors (Lipinski definition) is 3. The molecule has 0 saturated carbocycles. The molecule has 0 aromatic carbocycles. The van der Waals surface area contributed by atoms with Crippen molar-refractivity contribution in [2.75, 3.05) is 17.6 Å². The van der Waals surface area contributed by atoms with Crippen LogP contribution in [-0.2, 0) is 4.79 Å². The van der Waals surface area contributed by atoms with Crippen molar-refractivity contribution in [2.45, 2.75) is 32.7 Å². The topological polar surface area (TPSA) is 80.0 Å². The molecule has 0 aliphatic heterocycles. The van der Waals surface area contributed by atoms with E-state index in [2.05, 4.69) is 15.6 Å². The lowest BCUT2D eigenvalue weighted by molar-refractivity contribution is -0.121. The van der Waals surface area contributed by atoms with Crippen LogP contribution < -0.4 is 16.4 Å². The van der Waals surface area contributed by atoms with Gasteiger partial charge in [0.15, 0.2) is 0 Å². The predicted octanol–water partition coefficient (Wildman–Crippen LogP) is 1.38. The summed E-state index contributed by atoms with van der Waals surface area (Å²) in [6, 6.07) is 3.87. The van der Waals surface area contributed by atoms with Crippen LogP contribution in [0.25, 0.3) is 0 Å². The Morgan fingerprint density at radius 3 is 3.00 bits per heavy atom. The third-order valence-corrected chi connectivity index (χ3v) is 2.53. The molecule has 1 amide bonds. The molecule has 1 unspecified atom stereocenters. The molecule has 0 radical (unpaired) electrons. The van der Waals surface area contributed by atoms with Crippen molar-refractivity contribution in [3.8, 4) is 0 Å². The minimum absolute atomic E-state index is 0.0503. The molecule has 0 aliphatic carbocycles. The fourth-order valence-corrected chi connectivity index (χ4v) is 1.33. The third-order valence-electron chi connectivity index (χ3n) is 2.53. The molecule has 1 rings (SSSR count). The van der Waals surface area contributed by atoms with Crippen LogP contribution in [0.5, 0.6) is 0 Å². The van der Waals surface area contributed by atoms with Crippen LogP contribution in [-0.4, -0.2) is 23.5 Å². The lowest BCUT2D eigenvalue weighted by Crippen LogP contribution is -2.33. The van der Waals surface area contributed by atoms with E-state index in [1.54, 1.807) is 12.3 Å². The number of nitrogen functional groups attached to an aromatic ring is 1. The summed E-state index contributed by atoms with van der Waals surface area (Å²) in [5.41, 5.74) is 6.43. The molecule has 1 heterocycles. The number of pyridine rings is 1. The van der Waals surface area contributed by atoms with Crippen molar-refractivity contribution in [1.29, 1.82) is 0 Å². The molecule has 0 fully saturated rings. The maximum absolute atomic E-state index is 11.5. The quantitative estimate of drug-likeness (QED) is 0.697. The molecule has 5 heteroatoms. The Bertz CT molecular complexity index is 367. The maximum atomic E-state index is 11.5. The van der Waals surface area contributed by atoms with E-state index in [4.69, 9.17) is 5.73 Å². The van der Waals surface area contributed by atoms with Gasteiger partial charge < -0.3 is 16.4 Å². The summed E-state index contributed by atoms with van der Waals surface area (Å²) in [6.07, 6.45) is 3.00. The zero-order chi connectivity index (χ0) is 12.7. The van der Waals surface area contributed by atoms with E-state index >= 15 is 0 Å². The number of rotatable bonds is 6. The Hall–Kier alpha value is -1.78. The molecular formula is C12H20N4O. The summed E-state index contributed by atoms with van der Waals surface area (Å²) in [6.45, 7) is 4.59. The maximum Gasteiger partial charge on any atom is 0.221 e. The number of anilines is 2. The fourth-order valence-electron chi connectivity index (χ4n) is 1.33. The lowest BCUT2D eigenvalue weighted by atomic mass is 10.2. The fraction of sp³-hybridized carbons (Fsp3) is 0.500. The van der Waals surface area contributed by atoms with Crippen molar-refractivity contribution in [3.63, 3.8) is 0 Å². The standard InChI is InChI=1S/C12H20N4O/c1-3-9(2)16-11(17)6-8-14-10-5-4-7-15-12(10)13/h4-5,7,9,14H,3,6,8H2,1-2H3,(H2,13,15)(H,16,17). The van der Waals surface area contributed by atoms with E-state index in [0.29, 0.717) is 18.8 Å². The minimum atomic E-state index is 0.0503. The van der Waals surface area contributed by atoms with E-state index in [1.807, 2.05) is 19.9 Å². The summed E-state index contributed by atoms with van der Waals surface area (Å²) >= 11 is 0. The summed E-state index contributed by atoms with van der Waals surface area (Å²) < 4.78 is 0. The zero-order valence-corrected chi connectivity index (χ0v) is 10.4. The summed E-state index contributed by atoms with van der Waals surface area (Å²) in [4.78, 5) is 15.4. The Kier molecular flexibility index (Phi) is 5.26. The molecule has 0 saturated heterocycles. The van der Waals surface area contributed by atoms with Gasteiger partial charge in [-0.15, -0.1) is 0 Å².